The fourth-order valence-corrected chi connectivity index (χ4v) is 3.88. The van der Waals surface area contributed by atoms with Crippen LogP contribution in [0, 0.1) is 12.7 Å². The first-order valence-corrected chi connectivity index (χ1v) is 10.5. The number of hydrogen-bond acceptors (Lipinski definition) is 5. The zero-order valence-electron chi connectivity index (χ0n) is 18.1. The van der Waals surface area contributed by atoms with E-state index in [0.717, 1.165) is 24.1 Å². The normalized spacial score (nSPS) is 20.5. The molecular weight excluding hydrogens is 399 g/mol. The van der Waals surface area contributed by atoms with Gasteiger partial charge in [0.05, 0.1) is 6.10 Å². The third-order valence-corrected chi connectivity index (χ3v) is 5.37. The fraction of sp³-hybridized carbons (Fsp3) is 0.435. The van der Waals surface area contributed by atoms with Gasteiger partial charge in [-0.1, -0.05) is 6.07 Å². The van der Waals surface area contributed by atoms with Crippen LogP contribution in [0.3, 0.4) is 0 Å². The number of nitrogens with zero attached hydrogens (tertiary/aromatic N) is 1. The molecule has 1 aliphatic rings. The molecule has 7 nitrogen and oxygen atoms in total. The highest BCUT2D eigenvalue weighted by Crippen LogP contribution is 2.37. The van der Waals surface area contributed by atoms with E-state index in [1.807, 2.05) is 20.9 Å². The highest BCUT2D eigenvalue weighted by atomic mass is 19.1. The minimum Gasteiger partial charge on any atom is -0.365 e. The van der Waals surface area contributed by atoms with Gasteiger partial charge in [-0.05, 0) is 75.7 Å². The molecule has 2 amide bonds. The van der Waals surface area contributed by atoms with E-state index in [-0.39, 0.29) is 35.3 Å². The number of nitrogens with one attached hydrogen (secondary N) is 3. The van der Waals surface area contributed by atoms with Crippen molar-refractivity contribution in [2.75, 3.05) is 25.5 Å². The van der Waals surface area contributed by atoms with Crippen LogP contribution in [0.1, 0.15) is 47.3 Å². The van der Waals surface area contributed by atoms with Gasteiger partial charge < -0.3 is 20.7 Å². The fourth-order valence-electron chi connectivity index (χ4n) is 3.88. The van der Waals surface area contributed by atoms with Crippen LogP contribution in [0.4, 0.5) is 10.1 Å². The lowest BCUT2D eigenvalue weighted by atomic mass is 9.88. The van der Waals surface area contributed by atoms with Crippen LogP contribution >= 0.6 is 0 Å². The average molecular weight is 429 g/mol. The molecule has 3 rings (SSSR count). The van der Waals surface area contributed by atoms with E-state index in [1.165, 1.54) is 18.3 Å². The third kappa shape index (κ3) is 5.86. The van der Waals surface area contributed by atoms with E-state index in [0.29, 0.717) is 18.7 Å². The van der Waals surface area contributed by atoms with Gasteiger partial charge in [-0.25, -0.2) is 4.39 Å². The highest BCUT2D eigenvalue weighted by molar-refractivity contribution is 5.97. The molecule has 0 spiro atoms. The Balaban J connectivity index is 1.69. The van der Waals surface area contributed by atoms with Crippen LogP contribution < -0.4 is 16.0 Å². The van der Waals surface area contributed by atoms with Crippen molar-refractivity contribution in [3.8, 4) is 0 Å². The molecule has 0 radical (unpaired) electrons. The van der Waals surface area contributed by atoms with E-state index in [1.54, 1.807) is 18.2 Å². The molecule has 1 saturated heterocycles. The van der Waals surface area contributed by atoms with E-state index in [4.69, 9.17) is 4.74 Å². The summed E-state index contributed by atoms with van der Waals surface area (Å²) in [7, 11) is 1.85. The zero-order chi connectivity index (χ0) is 22.4. The van der Waals surface area contributed by atoms with Crippen LogP contribution in [0.2, 0.25) is 0 Å². The summed E-state index contributed by atoms with van der Waals surface area (Å²) in [4.78, 5) is 29.4. The summed E-state index contributed by atoms with van der Waals surface area (Å²) in [5.74, 6) is -1.07. The number of pyridine rings is 1. The van der Waals surface area contributed by atoms with Crippen LogP contribution in [0.25, 0.3) is 0 Å². The number of halogens is 1. The summed E-state index contributed by atoms with van der Waals surface area (Å²) < 4.78 is 19.4. The first-order valence-electron chi connectivity index (χ1n) is 10.5. The van der Waals surface area contributed by atoms with Crippen molar-refractivity contribution >= 4 is 17.5 Å². The van der Waals surface area contributed by atoms with Crippen molar-refractivity contribution in [2.24, 2.45) is 0 Å². The second-order valence-corrected chi connectivity index (χ2v) is 7.84. The minimum absolute atomic E-state index is 0.0957. The number of aryl methyl sites for hydroxylation is 1. The molecule has 31 heavy (non-hydrogen) atoms. The minimum atomic E-state index is -0.703. The lowest BCUT2D eigenvalue weighted by Gasteiger charge is -2.20. The molecule has 0 aliphatic carbocycles. The smallest absolute Gasteiger partial charge is 0.269 e. The van der Waals surface area contributed by atoms with Crippen molar-refractivity contribution in [2.45, 2.75) is 44.8 Å². The van der Waals surface area contributed by atoms with Crippen molar-refractivity contribution < 1.29 is 18.7 Å². The van der Waals surface area contributed by atoms with Gasteiger partial charge in [0.15, 0.2) is 0 Å². The SMILES string of the molecule is CNCCCNC(=O)c1cc(NC(=O)C2OC(C)CC2c2ccc(F)cc2C)ccn1. The molecule has 1 aromatic carbocycles. The van der Waals surface area contributed by atoms with Gasteiger partial charge in [-0.15, -0.1) is 0 Å². The Morgan fingerprint density at radius 3 is 2.77 bits per heavy atom. The topological polar surface area (TPSA) is 92.3 Å². The molecule has 2 aromatic rings. The van der Waals surface area contributed by atoms with Crippen molar-refractivity contribution in [3.63, 3.8) is 0 Å². The zero-order valence-corrected chi connectivity index (χ0v) is 18.1. The maximum absolute atomic E-state index is 13.5. The van der Waals surface area contributed by atoms with Gasteiger partial charge in [0.2, 0.25) is 0 Å². The molecule has 2 heterocycles. The largest absolute Gasteiger partial charge is 0.365 e. The lowest BCUT2D eigenvalue weighted by molar-refractivity contribution is -0.126. The summed E-state index contributed by atoms with van der Waals surface area (Å²) in [6.45, 7) is 5.09. The molecule has 3 N–H and O–H groups in total. The first-order chi connectivity index (χ1) is 14.9. The molecule has 3 unspecified atom stereocenters. The van der Waals surface area contributed by atoms with Gasteiger partial charge >= 0.3 is 0 Å². The summed E-state index contributed by atoms with van der Waals surface area (Å²) in [6, 6.07) is 7.77. The molecular formula is C23H29FN4O3. The van der Waals surface area contributed by atoms with E-state index < -0.39 is 6.10 Å². The first kappa shape index (κ1) is 22.8. The van der Waals surface area contributed by atoms with Gasteiger partial charge in [-0.2, -0.15) is 0 Å². The molecule has 166 valence electrons. The monoisotopic (exact) mass is 428 g/mol. The van der Waals surface area contributed by atoms with Crippen LogP contribution in [0.5, 0.6) is 0 Å². The van der Waals surface area contributed by atoms with Crippen molar-refractivity contribution in [3.05, 3.63) is 59.2 Å². The predicted octanol–water partition coefficient (Wildman–Crippen LogP) is 2.77. The van der Waals surface area contributed by atoms with E-state index in [2.05, 4.69) is 20.9 Å². The number of aromatic nitrogens is 1. The number of hydrogen-bond donors (Lipinski definition) is 3. The molecule has 1 aliphatic heterocycles. The van der Waals surface area contributed by atoms with Gasteiger partial charge in [0, 0.05) is 24.3 Å². The average Bonchev–Trinajstić information content (AvgIpc) is 3.13. The Hall–Kier alpha value is -2.84. The number of rotatable bonds is 8. The van der Waals surface area contributed by atoms with Gasteiger partial charge in [0.25, 0.3) is 11.8 Å². The number of carbonyl (C=O) groups is 2. The van der Waals surface area contributed by atoms with Crippen molar-refractivity contribution in [1.29, 1.82) is 0 Å². The number of amides is 2. The number of anilines is 1. The molecule has 1 fully saturated rings. The van der Waals surface area contributed by atoms with Gasteiger partial charge in [0.1, 0.15) is 17.6 Å². The molecule has 1 aromatic heterocycles. The summed E-state index contributed by atoms with van der Waals surface area (Å²) in [6.07, 6.45) is 2.16. The lowest BCUT2D eigenvalue weighted by Crippen LogP contribution is -2.32. The molecule has 8 heteroatoms. The quantitative estimate of drug-likeness (QED) is 0.563. The number of benzene rings is 1. The number of ether oxygens (including phenoxy) is 1. The summed E-state index contributed by atoms with van der Waals surface area (Å²) in [5, 5.41) is 8.66. The Morgan fingerprint density at radius 2 is 2.03 bits per heavy atom. The molecule has 3 atom stereocenters. The maximum Gasteiger partial charge on any atom is 0.269 e. The van der Waals surface area contributed by atoms with Crippen LogP contribution in [0.15, 0.2) is 36.5 Å². The summed E-state index contributed by atoms with van der Waals surface area (Å²) >= 11 is 0. The Morgan fingerprint density at radius 1 is 1.23 bits per heavy atom. The second-order valence-electron chi connectivity index (χ2n) is 7.84. The third-order valence-electron chi connectivity index (χ3n) is 5.37. The van der Waals surface area contributed by atoms with Crippen LogP contribution in [-0.2, 0) is 9.53 Å². The standard InChI is InChI=1S/C23H29FN4O3/c1-14-11-16(24)5-6-18(14)19-12-15(2)31-21(19)23(30)28-17-7-10-26-20(13-17)22(29)27-9-4-8-25-3/h5-7,10-11,13,15,19,21,25H,4,8-9,12H2,1-3H3,(H,27,29)(H,26,28,30). The second kappa shape index (κ2) is 10.5. The summed E-state index contributed by atoms with van der Waals surface area (Å²) in [5.41, 5.74) is 2.40. The Kier molecular flexibility index (Phi) is 7.70. The van der Waals surface area contributed by atoms with E-state index >= 15 is 0 Å². The van der Waals surface area contributed by atoms with Gasteiger partial charge in [-0.3, -0.25) is 14.6 Å². The van der Waals surface area contributed by atoms with Crippen LogP contribution in [-0.4, -0.2) is 49.1 Å². The molecule has 0 bridgehead atoms. The van der Waals surface area contributed by atoms with E-state index in [9.17, 15) is 14.0 Å². The number of carbonyl (C=O) groups excluding carboxylic acids is 2. The van der Waals surface area contributed by atoms with Crippen molar-refractivity contribution in [1.82, 2.24) is 15.6 Å². The Labute approximate surface area is 181 Å². The Bertz CT molecular complexity index is 937. The predicted molar refractivity (Wildman–Crippen MR) is 117 cm³/mol. The highest BCUT2D eigenvalue weighted by Gasteiger charge is 2.39. The maximum atomic E-state index is 13.5. The molecule has 0 saturated carbocycles.